The van der Waals surface area contributed by atoms with Crippen LogP contribution in [0.1, 0.15) is 21.7 Å². The third-order valence-electron chi connectivity index (χ3n) is 3.24. The van der Waals surface area contributed by atoms with E-state index in [1.165, 1.54) is 6.08 Å². The summed E-state index contributed by atoms with van der Waals surface area (Å²) in [5.74, 6) is -0.177. The Kier molecular flexibility index (Phi) is 3.87. The van der Waals surface area contributed by atoms with Gasteiger partial charge in [-0.2, -0.15) is 0 Å². The summed E-state index contributed by atoms with van der Waals surface area (Å²) >= 11 is 0. The van der Waals surface area contributed by atoms with Gasteiger partial charge in [-0.15, -0.1) is 5.10 Å². The second kappa shape index (κ2) is 6.13. The molecule has 0 unspecified atom stereocenters. The van der Waals surface area contributed by atoms with Crippen LogP contribution in [-0.2, 0) is 0 Å². The molecule has 0 aliphatic carbocycles. The monoisotopic (exact) mass is 290 g/mol. The number of carbonyl (C=O) groups is 1. The minimum absolute atomic E-state index is 0.177. The van der Waals surface area contributed by atoms with Crippen LogP contribution >= 0.6 is 0 Å². The van der Waals surface area contributed by atoms with E-state index in [0.29, 0.717) is 11.4 Å². The maximum atomic E-state index is 12.3. The van der Waals surface area contributed by atoms with Crippen molar-refractivity contribution in [3.05, 3.63) is 77.9 Å². The SMILES string of the molecule is Cc1c(C(=O)/C=C/c2cccnc2)nnn1-c1ccccc1. The lowest BCUT2D eigenvalue weighted by Crippen LogP contribution is -2.01. The molecule has 0 saturated heterocycles. The zero-order valence-electron chi connectivity index (χ0n) is 12.0. The highest BCUT2D eigenvalue weighted by molar-refractivity contribution is 6.06. The molecule has 108 valence electrons. The van der Waals surface area contributed by atoms with Gasteiger partial charge in [0.1, 0.15) is 0 Å². The summed E-state index contributed by atoms with van der Waals surface area (Å²) in [7, 11) is 0. The molecule has 22 heavy (non-hydrogen) atoms. The van der Waals surface area contributed by atoms with Crippen LogP contribution in [0.4, 0.5) is 0 Å². The van der Waals surface area contributed by atoms with E-state index in [1.54, 1.807) is 23.2 Å². The van der Waals surface area contributed by atoms with Crippen molar-refractivity contribution in [1.29, 1.82) is 0 Å². The molecule has 0 saturated carbocycles. The number of aromatic nitrogens is 4. The zero-order chi connectivity index (χ0) is 15.4. The highest BCUT2D eigenvalue weighted by Crippen LogP contribution is 2.13. The molecule has 0 atom stereocenters. The highest BCUT2D eigenvalue weighted by atomic mass is 16.1. The molecule has 0 aliphatic heterocycles. The van der Waals surface area contributed by atoms with Crippen LogP contribution in [0.5, 0.6) is 0 Å². The summed E-state index contributed by atoms with van der Waals surface area (Å²) in [6.07, 6.45) is 6.59. The summed E-state index contributed by atoms with van der Waals surface area (Å²) in [6.45, 7) is 1.83. The topological polar surface area (TPSA) is 60.7 Å². The number of para-hydroxylation sites is 1. The number of benzene rings is 1. The van der Waals surface area contributed by atoms with E-state index in [9.17, 15) is 4.79 Å². The van der Waals surface area contributed by atoms with Gasteiger partial charge in [0.2, 0.25) is 5.78 Å². The Morgan fingerprint density at radius 3 is 2.68 bits per heavy atom. The normalized spacial score (nSPS) is 11.0. The third-order valence-corrected chi connectivity index (χ3v) is 3.24. The average Bonchev–Trinajstić information content (AvgIpc) is 2.96. The fourth-order valence-corrected chi connectivity index (χ4v) is 2.10. The van der Waals surface area contributed by atoms with E-state index in [-0.39, 0.29) is 5.78 Å². The van der Waals surface area contributed by atoms with Crippen molar-refractivity contribution in [3.8, 4) is 5.69 Å². The fraction of sp³-hybridized carbons (Fsp3) is 0.0588. The minimum Gasteiger partial charge on any atom is -0.287 e. The summed E-state index contributed by atoms with van der Waals surface area (Å²) in [5.41, 5.74) is 2.81. The van der Waals surface area contributed by atoms with E-state index in [0.717, 1.165) is 11.3 Å². The van der Waals surface area contributed by atoms with Crippen LogP contribution in [0.2, 0.25) is 0 Å². The van der Waals surface area contributed by atoms with E-state index in [1.807, 2.05) is 49.4 Å². The second-order valence-corrected chi connectivity index (χ2v) is 4.75. The quantitative estimate of drug-likeness (QED) is 0.547. The third kappa shape index (κ3) is 2.83. The van der Waals surface area contributed by atoms with E-state index >= 15 is 0 Å². The molecule has 2 aromatic heterocycles. The number of ketones is 1. The number of pyridine rings is 1. The fourth-order valence-electron chi connectivity index (χ4n) is 2.10. The Hall–Kier alpha value is -3.08. The van der Waals surface area contributed by atoms with Crippen molar-refractivity contribution in [3.63, 3.8) is 0 Å². The molecule has 0 bridgehead atoms. The van der Waals surface area contributed by atoms with Crippen molar-refractivity contribution >= 4 is 11.9 Å². The molecule has 3 aromatic rings. The molecule has 5 nitrogen and oxygen atoms in total. The molecule has 0 fully saturated rings. The molecular formula is C17H14N4O. The first-order chi connectivity index (χ1) is 10.8. The van der Waals surface area contributed by atoms with Crippen LogP contribution < -0.4 is 0 Å². The molecule has 0 amide bonds. The van der Waals surface area contributed by atoms with Gasteiger partial charge in [0.05, 0.1) is 11.4 Å². The second-order valence-electron chi connectivity index (χ2n) is 4.75. The molecule has 5 heteroatoms. The Morgan fingerprint density at radius 1 is 1.14 bits per heavy atom. The van der Waals surface area contributed by atoms with Gasteiger partial charge < -0.3 is 0 Å². The van der Waals surface area contributed by atoms with E-state index in [2.05, 4.69) is 15.3 Å². The van der Waals surface area contributed by atoms with Crippen molar-refractivity contribution in [2.45, 2.75) is 6.92 Å². The lowest BCUT2D eigenvalue weighted by Gasteiger charge is -2.01. The van der Waals surface area contributed by atoms with Gasteiger partial charge in [0, 0.05) is 12.4 Å². The predicted octanol–water partition coefficient (Wildman–Crippen LogP) is 2.87. The molecule has 2 heterocycles. The summed E-state index contributed by atoms with van der Waals surface area (Å²) in [5, 5.41) is 8.06. The van der Waals surface area contributed by atoms with Crippen LogP contribution in [0.3, 0.4) is 0 Å². The number of hydrogen-bond acceptors (Lipinski definition) is 4. The van der Waals surface area contributed by atoms with Gasteiger partial charge in [0.15, 0.2) is 5.69 Å². The van der Waals surface area contributed by atoms with Gasteiger partial charge in [-0.3, -0.25) is 9.78 Å². The summed E-state index contributed by atoms with van der Waals surface area (Å²) in [4.78, 5) is 16.3. The first-order valence-electron chi connectivity index (χ1n) is 6.86. The number of carbonyl (C=O) groups excluding carboxylic acids is 1. The van der Waals surface area contributed by atoms with Gasteiger partial charge in [-0.05, 0) is 42.8 Å². The lowest BCUT2D eigenvalue weighted by molar-refractivity contribution is 0.104. The summed E-state index contributed by atoms with van der Waals surface area (Å²) in [6, 6.07) is 13.3. The first-order valence-corrected chi connectivity index (χ1v) is 6.86. The maximum absolute atomic E-state index is 12.3. The van der Waals surface area contributed by atoms with Crippen LogP contribution in [-0.4, -0.2) is 25.8 Å². The first kappa shape index (κ1) is 13.9. The van der Waals surface area contributed by atoms with Gasteiger partial charge >= 0.3 is 0 Å². The number of hydrogen-bond donors (Lipinski definition) is 0. The van der Waals surface area contributed by atoms with Crippen LogP contribution in [0.15, 0.2) is 60.9 Å². The number of allylic oxidation sites excluding steroid dienone is 1. The van der Waals surface area contributed by atoms with Crippen molar-refractivity contribution in [1.82, 2.24) is 20.0 Å². The predicted molar refractivity (Wildman–Crippen MR) is 83.7 cm³/mol. The molecular weight excluding hydrogens is 276 g/mol. The number of rotatable bonds is 4. The van der Waals surface area contributed by atoms with Crippen LogP contribution in [0, 0.1) is 6.92 Å². The van der Waals surface area contributed by atoms with Crippen molar-refractivity contribution in [2.24, 2.45) is 0 Å². The Morgan fingerprint density at radius 2 is 1.95 bits per heavy atom. The smallest absolute Gasteiger partial charge is 0.208 e. The Bertz CT molecular complexity index is 807. The molecule has 1 aromatic carbocycles. The van der Waals surface area contributed by atoms with E-state index in [4.69, 9.17) is 0 Å². The van der Waals surface area contributed by atoms with Crippen molar-refractivity contribution in [2.75, 3.05) is 0 Å². The average molecular weight is 290 g/mol. The van der Waals surface area contributed by atoms with E-state index < -0.39 is 0 Å². The molecule has 3 rings (SSSR count). The highest BCUT2D eigenvalue weighted by Gasteiger charge is 2.14. The van der Waals surface area contributed by atoms with Gasteiger partial charge in [0.25, 0.3) is 0 Å². The van der Waals surface area contributed by atoms with Crippen LogP contribution in [0.25, 0.3) is 11.8 Å². The largest absolute Gasteiger partial charge is 0.287 e. The maximum Gasteiger partial charge on any atom is 0.208 e. The number of nitrogens with zero attached hydrogens (tertiary/aromatic N) is 4. The Balaban J connectivity index is 1.85. The molecule has 0 spiro atoms. The Labute approximate surface area is 127 Å². The van der Waals surface area contributed by atoms with Gasteiger partial charge in [-0.25, -0.2) is 4.68 Å². The standard InChI is InChI=1S/C17H14N4O/c1-13-17(16(22)10-9-14-6-5-11-18-12-14)19-20-21(13)15-7-3-2-4-8-15/h2-12H,1H3/b10-9+. The van der Waals surface area contributed by atoms with Crippen molar-refractivity contribution < 1.29 is 4.79 Å². The minimum atomic E-state index is -0.177. The molecule has 0 N–H and O–H groups in total. The lowest BCUT2D eigenvalue weighted by atomic mass is 10.2. The molecule has 0 aliphatic rings. The molecule has 0 radical (unpaired) electrons. The zero-order valence-corrected chi connectivity index (χ0v) is 12.0. The summed E-state index contributed by atoms with van der Waals surface area (Å²) < 4.78 is 1.66. The van der Waals surface area contributed by atoms with Gasteiger partial charge in [-0.1, -0.05) is 29.5 Å².